The molecule has 1 aliphatic carbocycles. The Bertz CT molecular complexity index is 320. The molecule has 1 aliphatic rings. The van der Waals surface area contributed by atoms with Crippen molar-refractivity contribution in [1.29, 1.82) is 0 Å². The minimum absolute atomic E-state index is 0.212. The van der Waals surface area contributed by atoms with Crippen LogP contribution in [0.5, 0.6) is 0 Å². The molecule has 0 heterocycles. The number of aliphatic carboxylic acids is 1. The van der Waals surface area contributed by atoms with Crippen LogP contribution >= 0.6 is 0 Å². The normalized spacial score (nSPS) is 25.9. The van der Waals surface area contributed by atoms with Crippen molar-refractivity contribution in [3.05, 3.63) is 0 Å². The maximum atomic E-state index is 11.8. The Kier molecular flexibility index (Phi) is 7.67. The molecule has 4 heteroatoms. The SMILES string of the molecule is CCCCCN(C)CCC1CCCC1(NC(C)C)C(=O)O. The Labute approximate surface area is 130 Å². The highest BCUT2D eigenvalue weighted by Crippen LogP contribution is 2.38. The molecule has 1 saturated carbocycles. The first-order valence-electron chi connectivity index (χ1n) is 8.62. The molecule has 0 radical (unpaired) electrons. The zero-order chi connectivity index (χ0) is 15.9. The topological polar surface area (TPSA) is 52.6 Å². The van der Waals surface area contributed by atoms with Crippen LogP contribution in [0.4, 0.5) is 0 Å². The molecule has 0 aromatic heterocycles. The smallest absolute Gasteiger partial charge is 0.324 e. The molecule has 0 aliphatic heterocycles. The lowest BCUT2D eigenvalue weighted by Gasteiger charge is -2.35. The summed E-state index contributed by atoms with van der Waals surface area (Å²) >= 11 is 0. The minimum atomic E-state index is -0.696. The first-order valence-corrected chi connectivity index (χ1v) is 8.62. The van der Waals surface area contributed by atoms with Gasteiger partial charge in [0.15, 0.2) is 0 Å². The summed E-state index contributed by atoms with van der Waals surface area (Å²) in [6, 6.07) is 0.212. The van der Waals surface area contributed by atoms with Gasteiger partial charge >= 0.3 is 5.97 Å². The highest BCUT2D eigenvalue weighted by molar-refractivity contribution is 5.79. The lowest BCUT2D eigenvalue weighted by Crippen LogP contribution is -2.57. The fraction of sp³-hybridized carbons (Fsp3) is 0.941. The molecule has 0 aromatic carbocycles. The van der Waals surface area contributed by atoms with E-state index >= 15 is 0 Å². The van der Waals surface area contributed by atoms with Crippen molar-refractivity contribution in [1.82, 2.24) is 10.2 Å². The van der Waals surface area contributed by atoms with Crippen molar-refractivity contribution in [2.45, 2.75) is 77.3 Å². The molecule has 0 spiro atoms. The number of nitrogens with one attached hydrogen (secondary N) is 1. The summed E-state index contributed by atoms with van der Waals surface area (Å²) in [5.41, 5.74) is -0.696. The molecular formula is C17H34N2O2. The van der Waals surface area contributed by atoms with Crippen LogP contribution in [-0.4, -0.2) is 47.7 Å². The van der Waals surface area contributed by atoms with E-state index in [1.54, 1.807) is 0 Å². The second-order valence-electron chi connectivity index (χ2n) is 6.96. The van der Waals surface area contributed by atoms with Gasteiger partial charge in [-0.05, 0) is 65.6 Å². The molecule has 2 atom stereocenters. The van der Waals surface area contributed by atoms with Crippen LogP contribution in [-0.2, 0) is 4.79 Å². The lowest BCUT2D eigenvalue weighted by molar-refractivity contribution is -0.147. The third-order valence-corrected chi connectivity index (χ3v) is 4.75. The maximum Gasteiger partial charge on any atom is 0.324 e. The Balaban J connectivity index is 2.53. The van der Waals surface area contributed by atoms with Gasteiger partial charge < -0.3 is 10.0 Å². The van der Waals surface area contributed by atoms with Gasteiger partial charge in [0.05, 0.1) is 0 Å². The zero-order valence-corrected chi connectivity index (χ0v) is 14.3. The van der Waals surface area contributed by atoms with Gasteiger partial charge in [0.1, 0.15) is 5.54 Å². The second-order valence-corrected chi connectivity index (χ2v) is 6.96. The van der Waals surface area contributed by atoms with E-state index in [9.17, 15) is 9.90 Å². The number of carboxylic acids is 1. The average molecular weight is 298 g/mol. The maximum absolute atomic E-state index is 11.8. The van der Waals surface area contributed by atoms with E-state index in [2.05, 4.69) is 24.2 Å². The zero-order valence-electron chi connectivity index (χ0n) is 14.3. The fourth-order valence-corrected chi connectivity index (χ4v) is 3.64. The molecule has 0 aromatic rings. The third-order valence-electron chi connectivity index (χ3n) is 4.75. The fourth-order valence-electron chi connectivity index (χ4n) is 3.64. The number of carbonyl (C=O) groups is 1. The lowest BCUT2D eigenvalue weighted by atomic mass is 9.83. The molecule has 1 rings (SSSR count). The quantitative estimate of drug-likeness (QED) is 0.608. The predicted molar refractivity (Wildman–Crippen MR) is 87.6 cm³/mol. The Morgan fingerprint density at radius 2 is 2.10 bits per heavy atom. The van der Waals surface area contributed by atoms with E-state index in [-0.39, 0.29) is 12.0 Å². The van der Waals surface area contributed by atoms with Crippen LogP contribution in [0.25, 0.3) is 0 Å². The van der Waals surface area contributed by atoms with Gasteiger partial charge in [-0.2, -0.15) is 0 Å². The van der Waals surface area contributed by atoms with Crippen LogP contribution in [0.15, 0.2) is 0 Å². The Morgan fingerprint density at radius 1 is 1.38 bits per heavy atom. The van der Waals surface area contributed by atoms with E-state index in [1.807, 2.05) is 13.8 Å². The van der Waals surface area contributed by atoms with Crippen molar-refractivity contribution in [3.63, 3.8) is 0 Å². The van der Waals surface area contributed by atoms with Crippen molar-refractivity contribution < 1.29 is 9.90 Å². The number of unbranched alkanes of at least 4 members (excludes halogenated alkanes) is 2. The van der Waals surface area contributed by atoms with E-state index in [0.29, 0.717) is 0 Å². The average Bonchev–Trinajstić information content (AvgIpc) is 2.80. The molecule has 124 valence electrons. The molecule has 0 amide bonds. The Morgan fingerprint density at radius 3 is 2.67 bits per heavy atom. The molecule has 1 fully saturated rings. The van der Waals surface area contributed by atoms with E-state index < -0.39 is 11.5 Å². The first-order chi connectivity index (χ1) is 9.92. The summed E-state index contributed by atoms with van der Waals surface area (Å²) in [6.07, 6.45) is 7.58. The molecule has 0 saturated heterocycles. The van der Waals surface area contributed by atoms with Gasteiger partial charge in [0.2, 0.25) is 0 Å². The van der Waals surface area contributed by atoms with E-state index in [4.69, 9.17) is 0 Å². The molecular weight excluding hydrogens is 264 g/mol. The first kappa shape index (κ1) is 18.4. The number of carboxylic acid groups (broad SMARTS) is 1. The van der Waals surface area contributed by atoms with E-state index in [0.717, 1.165) is 38.8 Å². The summed E-state index contributed by atoms with van der Waals surface area (Å²) in [5, 5.41) is 13.1. The Hall–Kier alpha value is -0.610. The summed E-state index contributed by atoms with van der Waals surface area (Å²) in [4.78, 5) is 14.2. The number of rotatable bonds is 10. The molecule has 2 N–H and O–H groups in total. The summed E-state index contributed by atoms with van der Waals surface area (Å²) < 4.78 is 0. The predicted octanol–water partition coefficient (Wildman–Crippen LogP) is 3.12. The van der Waals surface area contributed by atoms with Crippen LogP contribution in [0.1, 0.15) is 65.7 Å². The molecule has 0 bridgehead atoms. The summed E-state index contributed by atoms with van der Waals surface area (Å²) in [7, 11) is 2.16. The van der Waals surface area contributed by atoms with Gasteiger partial charge in [-0.25, -0.2) is 0 Å². The van der Waals surface area contributed by atoms with Crippen LogP contribution in [0.2, 0.25) is 0 Å². The highest BCUT2D eigenvalue weighted by Gasteiger charge is 2.48. The largest absolute Gasteiger partial charge is 0.480 e. The van der Waals surface area contributed by atoms with Gasteiger partial charge in [-0.15, -0.1) is 0 Å². The van der Waals surface area contributed by atoms with Crippen molar-refractivity contribution >= 4 is 5.97 Å². The monoisotopic (exact) mass is 298 g/mol. The summed E-state index contributed by atoms with van der Waals surface area (Å²) in [5.74, 6) is -0.404. The van der Waals surface area contributed by atoms with Crippen LogP contribution < -0.4 is 5.32 Å². The molecule has 21 heavy (non-hydrogen) atoms. The molecule has 2 unspecified atom stereocenters. The summed E-state index contributed by atoms with van der Waals surface area (Å²) in [6.45, 7) is 8.42. The standard InChI is InChI=1S/C17H34N2O2/c1-5-6-7-12-19(4)13-10-15-9-8-11-17(15,16(20)21)18-14(2)3/h14-15,18H,5-13H2,1-4H3,(H,20,21). The van der Waals surface area contributed by atoms with Gasteiger partial charge in [-0.3, -0.25) is 10.1 Å². The van der Waals surface area contributed by atoms with Crippen molar-refractivity contribution in [2.24, 2.45) is 5.92 Å². The van der Waals surface area contributed by atoms with Gasteiger partial charge in [-0.1, -0.05) is 26.2 Å². The van der Waals surface area contributed by atoms with Crippen LogP contribution in [0, 0.1) is 5.92 Å². The third kappa shape index (κ3) is 5.26. The number of hydrogen-bond donors (Lipinski definition) is 2. The van der Waals surface area contributed by atoms with Crippen molar-refractivity contribution in [2.75, 3.05) is 20.1 Å². The van der Waals surface area contributed by atoms with E-state index in [1.165, 1.54) is 19.3 Å². The van der Waals surface area contributed by atoms with Crippen LogP contribution in [0.3, 0.4) is 0 Å². The van der Waals surface area contributed by atoms with Gasteiger partial charge in [0, 0.05) is 6.04 Å². The second kappa shape index (κ2) is 8.74. The minimum Gasteiger partial charge on any atom is -0.480 e. The molecule has 4 nitrogen and oxygen atoms in total. The van der Waals surface area contributed by atoms with Crippen molar-refractivity contribution in [3.8, 4) is 0 Å². The van der Waals surface area contributed by atoms with Gasteiger partial charge in [0.25, 0.3) is 0 Å². The number of hydrogen-bond acceptors (Lipinski definition) is 3. The highest BCUT2D eigenvalue weighted by atomic mass is 16.4. The number of nitrogens with zero attached hydrogens (tertiary/aromatic N) is 1.